The Morgan fingerprint density at radius 1 is 1.57 bits per heavy atom. The van der Waals surface area contributed by atoms with E-state index >= 15 is 0 Å². The van der Waals surface area contributed by atoms with Gasteiger partial charge in [0.25, 0.3) is 0 Å². The average molecular weight is 230 g/mol. The maximum Gasteiger partial charge on any atom is 0.340 e. The summed E-state index contributed by atoms with van der Waals surface area (Å²) in [6.45, 7) is 0. The van der Waals surface area contributed by atoms with E-state index in [2.05, 4.69) is 4.98 Å². The van der Waals surface area contributed by atoms with Crippen molar-refractivity contribution in [3.63, 3.8) is 0 Å². The highest BCUT2D eigenvalue weighted by Gasteiger charge is 2.16. The minimum absolute atomic E-state index is 0.0486. The summed E-state index contributed by atoms with van der Waals surface area (Å²) >= 11 is 1.42. The van der Waals surface area contributed by atoms with Gasteiger partial charge in [0.15, 0.2) is 6.20 Å². The molecule has 0 amide bonds. The van der Waals surface area contributed by atoms with Crippen molar-refractivity contribution in [2.75, 3.05) is 0 Å². The van der Waals surface area contributed by atoms with Crippen LogP contribution in [0, 0.1) is 0 Å². The van der Waals surface area contributed by atoms with Crippen molar-refractivity contribution in [2.24, 2.45) is 12.2 Å². The fourth-order valence-electron chi connectivity index (χ4n) is 1.11. The highest BCUT2D eigenvalue weighted by atomic mass is 32.2. The molecule has 2 N–H and O–H groups in total. The Morgan fingerprint density at radius 2 is 2.29 bits per heavy atom. The Balaban J connectivity index is 2.76. The van der Waals surface area contributed by atoms with Crippen molar-refractivity contribution < 1.29 is 13.0 Å². The highest BCUT2D eigenvalue weighted by molar-refractivity contribution is 7.89. The molecular formula is C7H8N3O2S2+. The summed E-state index contributed by atoms with van der Waals surface area (Å²) in [7, 11) is -1.80. The van der Waals surface area contributed by atoms with Gasteiger partial charge in [-0.05, 0) is 11.1 Å². The minimum Gasteiger partial charge on any atom is -0.225 e. The van der Waals surface area contributed by atoms with Crippen LogP contribution in [0.3, 0.4) is 0 Å². The van der Waals surface area contributed by atoms with Crippen LogP contribution in [-0.4, -0.2) is 13.4 Å². The predicted molar refractivity (Wildman–Crippen MR) is 52.2 cm³/mol. The number of fused-ring (bicyclic) bond motifs is 1. The van der Waals surface area contributed by atoms with Gasteiger partial charge in [0, 0.05) is 0 Å². The number of hydrogen-bond acceptors (Lipinski definition) is 4. The molecule has 2 rings (SSSR count). The first-order chi connectivity index (χ1) is 6.48. The molecule has 0 aliphatic heterocycles. The van der Waals surface area contributed by atoms with Gasteiger partial charge in [0.2, 0.25) is 10.0 Å². The molecule has 0 atom stereocenters. The van der Waals surface area contributed by atoms with E-state index in [-0.39, 0.29) is 4.90 Å². The second-order valence-electron chi connectivity index (χ2n) is 2.87. The van der Waals surface area contributed by atoms with Crippen LogP contribution in [0.2, 0.25) is 0 Å². The van der Waals surface area contributed by atoms with Crippen molar-refractivity contribution in [1.82, 2.24) is 4.98 Å². The molecule has 5 nitrogen and oxygen atoms in total. The molecule has 74 valence electrons. The molecule has 14 heavy (non-hydrogen) atoms. The predicted octanol–water partition coefficient (Wildman–Crippen LogP) is -0.232. The molecule has 0 aromatic carbocycles. The number of thiazole rings is 1. The van der Waals surface area contributed by atoms with E-state index in [1.165, 1.54) is 23.6 Å². The van der Waals surface area contributed by atoms with Crippen LogP contribution in [0.4, 0.5) is 0 Å². The number of hydrogen-bond donors (Lipinski definition) is 1. The first-order valence-corrected chi connectivity index (χ1v) is 6.17. The van der Waals surface area contributed by atoms with Crippen LogP contribution in [0.15, 0.2) is 22.7 Å². The standard InChI is InChI=1S/C7H8N3O2S2/c1-10-4-13-6-2-5(14(8,11)12)3-9-7(6)10/h2-4H,1H3,(H2,8,11,12)/q+1. The summed E-state index contributed by atoms with van der Waals surface area (Å²) < 4.78 is 24.7. The summed E-state index contributed by atoms with van der Waals surface area (Å²) in [6, 6.07) is 1.53. The lowest BCUT2D eigenvalue weighted by Gasteiger charge is -1.92. The molecule has 0 bridgehead atoms. The monoisotopic (exact) mass is 230 g/mol. The second kappa shape index (κ2) is 2.97. The molecule has 0 unspecified atom stereocenters. The zero-order valence-corrected chi connectivity index (χ0v) is 8.97. The molecule has 2 heterocycles. The number of nitrogens with zero attached hydrogens (tertiary/aromatic N) is 2. The van der Waals surface area contributed by atoms with Crippen LogP contribution >= 0.6 is 11.3 Å². The summed E-state index contributed by atoms with van der Waals surface area (Å²) in [6.07, 6.45) is 1.27. The van der Waals surface area contributed by atoms with Gasteiger partial charge < -0.3 is 0 Å². The van der Waals surface area contributed by atoms with Crippen LogP contribution in [0.25, 0.3) is 10.3 Å². The SMILES string of the molecule is C[n+]1csc2cc(S(N)(=O)=O)cnc21. The quantitative estimate of drug-likeness (QED) is 0.687. The first kappa shape index (κ1) is 9.50. The average Bonchev–Trinajstić information content (AvgIpc) is 2.46. The maximum absolute atomic E-state index is 11.0. The van der Waals surface area contributed by atoms with E-state index in [9.17, 15) is 8.42 Å². The lowest BCUT2D eigenvalue weighted by Crippen LogP contribution is -2.25. The highest BCUT2D eigenvalue weighted by Crippen LogP contribution is 2.17. The molecule has 0 aliphatic carbocycles. The number of nitrogens with two attached hydrogens (primary N) is 1. The van der Waals surface area contributed by atoms with Crippen molar-refractivity contribution in [1.29, 1.82) is 0 Å². The maximum atomic E-state index is 11.0. The van der Waals surface area contributed by atoms with E-state index in [0.29, 0.717) is 0 Å². The fourth-order valence-corrected chi connectivity index (χ4v) is 2.54. The van der Waals surface area contributed by atoms with E-state index in [0.717, 1.165) is 10.3 Å². The minimum atomic E-state index is -3.65. The van der Waals surface area contributed by atoms with Gasteiger partial charge in [-0.3, -0.25) is 0 Å². The third kappa shape index (κ3) is 1.49. The van der Waals surface area contributed by atoms with E-state index in [1.807, 2.05) is 17.1 Å². The Morgan fingerprint density at radius 3 is 2.93 bits per heavy atom. The number of aryl methyl sites for hydroxylation is 1. The van der Waals surface area contributed by atoms with Gasteiger partial charge in [-0.25, -0.2) is 18.1 Å². The van der Waals surface area contributed by atoms with Crippen molar-refractivity contribution >= 4 is 31.7 Å². The van der Waals surface area contributed by atoms with Crippen LogP contribution in [0.5, 0.6) is 0 Å². The lowest BCUT2D eigenvalue weighted by atomic mass is 10.5. The number of aromatic nitrogens is 2. The van der Waals surface area contributed by atoms with Crippen molar-refractivity contribution in [3.05, 3.63) is 17.8 Å². The Bertz CT molecular complexity index is 588. The molecule has 0 saturated carbocycles. The fraction of sp³-hybridized carbons (Fsp3) is 0.143. The molecule has 2 aromatic rings. The zero-order chi connectivity index (χ0) is 10.3. The summed E-state index contributed by atoms with van der Waals surface area (Å²) in [4.78, 5) is 4.07. The van der Waals surface area contributed by atoms with Gasteiger partial charge in [-0.15, -0.1) is 0 Å². The smallest absolute Gasteiger partial charge is 0.225 e. The summed E-state index contributed by atoms with van der Waals surface area (Å²) in [5.74, 6) is 0. The Labute approximate surface area is 84.9 Å². The molecule has 0 radical (unpaired) electrons. The van der Waals surface area contributed by atoms with Gasteiger partial charge in [0.1, 0.15) is 15.1 Å². The molecule has 0 saturated heterocycles. The van der Waals surface area contributed by atoms with E-state index < -0.39 is 10.0 Å². The van der Waals surface area contributed by atoms with E-state index in [4.69, 9.17) is 5.14 Å². The van der Waals surface area contributed by atoms with Crippen LogP contribution in [0.1, 0.15) is 0 Å². The third-order valence-electron chi connectivity index (χ3n) is 1.81. The molecular weight excluding hydrogens is 222 g/mol. The Hall–Kier alpha value is -1.05. The zero-order valence-electron chi connectivity index (χ0n) is 7.34. The normalized spacial score (nSPS) is 12.1. The van der Waals surface area contributed by atoms with Gasteiger partial charge >= 0.3 is 5.65 Å². The number of pyridine rings is 1. The molecule has 0 fully saturated rings. The first-order valence-electron chi connectivity index (χ1n) is 3.74. The molecule has 2 aromatic heterocycles. The van der Waals surface area contributed by atoms with Gasteiger partial charge in [-0.2, -0.15) is 0 Å². The summed E-state index contributed by atoms with van der Waals surface area (Å²) in [5, 5.41) is 4.98. The molecule has 7 heteroatoms. The van der Waals surface area contributed by atoms with Gasteiger partial charge in [-0.1, -0.05) is 11.3 Å². The Kier molecular flexibility index (Phi) is 2.02. The molecule has 0 spiro atoms. The lowest BCUT2D eigenvalue weighted by molar-refractivity contribution is -0.642. The number of primary sulfonamides is 1. The van der Waals surface area contributed by atoms with Crippen molar-refractivity contribution in [3.8, 4) is 0 Å². The number of rotatable bonds is 1. The topological polar surface area (TPSA) is 76.9 Å². The second-order valence-corrected chi connectivity index (χ2v) is 5.32. The number of sulfonamides is 1. The van der Waals surface area contributed by atoms with Crippen LogP contribution < -0.4 is 9.71 Å². The van der Waals surface area contributed by atoms with Crippen LogP contribution in [-0.2, 0) is 17.1 Å². The third-order valence-corrected chi connectivity index (χ3v) is 3.66. The largest absolute Gasteiger partial charge is 0.340 e. The summed E-state index contributed by atoms with van der Waals surface area (Å²) in [5.41, 5.74) is 2.60. The van der Waals surface area contributed by atoms with Crippen molar-refractivity contribution in [2.45, 2.75) is 4.90 Å². The van der Waals surface area contributed by atoms with Gasteiger partial charge in [0.05, 0.1) is 7.05 Å². The van der Waals surface area contributed by atoms with E-state index in [1.54, 1.807) is 0 Å². The molecule has 0 aliphatic rings.